The zero-order chi connectivity index (χ0) is 17.1. The van der Waals surface area contributed by atoms with Gasteiger partial charge in [-0.15, -0.1) is 34.2 Å². The first kappa shape index (κ1) is 23.1. The Kier molecular flexibility index (Phi) is 12.9. The SMILES string of the molecule is CCNC(=NCC(C)N(CC)CC)NCCn1cnnc1CC.I. The van der Waals surface area contributed by atoms with Crippen LogP contribution in [-0.4, -0.2) is 64.4 Å². The van der Waals surface area contributed by atoms with Gasteiger partial charge < -0.3 is 15.2 Å². The van der Waals surface area contributed by atoms with E-state index in [1.165, 1.54) is 0 Å². The lowest BCUT2D eigenvalue weighted by molar-refractivity contribution is 0.237. The van der Waals surface area contributed by atoms with Crippen molar-refractivity contribution in [2.24, 2.45) is 4.99 Å². The summed E-state index contributed by atoms with van der Waals surface area (Å²) in [5, 5.41) is 14.7. The molecule has 2 N–H and O–H groups in total. The minimum atomic E-state index is 0. The van der Waals surface area contributed by atoms with Crippen molar-refractivity contribution in [3.05, 3.63) is 12.2 Å². The fraction of sp³-hybridized carbons (Fsp3) is 0.812. The lowest BCUT2D eigenvalue weighted by atomic mass is 10.3. The summed E-state index contributed by atoms with van der Waals surface area (Å²) in [6.45, 7) is 16.2. The molecule has 0 amide bonds. The number of hydrogen-bond donors (Lipinski definition) is 2. The van der Waals surface area contributed by atoms with E-state index >= 15 is 0 Å². The van der Waals surface area contributed by atoms with Crippen LogP contribution in [0, 0.1) is 0 Å². The fourth-order valence-electron chi connectivity index (χ4n) is 2.56. The average Bonchev–Trinajstić information content (AvgIpc) is 3.01. The molecule has 1 unspecified atom stereocenters. The van der Waals surface area contributed by atoms with Crippen LogP contribution in [0.2, 0.25) is 0 Å². The van der Waals surface area contributed by atoms with Crippen LogP contribution in [0.5, 0.6) is 0 Å². The molecule has 0 aliphatic heterocycles. The quantitative estimate of drug-likeness (QED) is 0.322. The molecular formula is C16H34IN7. The number of nitrogens with one attached hydrogen (secondary N) is 2. The third kappa shape index (κ3) is 7.78. The van der Waals surface area contributed by atoms with Gasteiger partial charge in [0.05, 0.1) is 6.54 Å². The highest BCUT2D eigenvalue weighted by Gasteiger charge is 2.09. The van der Waals surface area contributed by atoms with E-state index in [1.807, 2.05) is 0 Å². The summed E-state index contributed by atoms with van der Waals surface area (Å²) in [5.74, 6) is 1.89. The van der Waals surface area contributed by atoms with Gasteiger partial charge >= 0.3 is 0 Å². The topological polar surface area (TPSA) is 70.4 Å². The van der Waals surface area contributed by atoms with Crippen LogP contribution in [0.15, 0.2) is 11.3 Å². The van der Waals surface area contributed by atoms with Gasteiger partial charge in [-0.05, 0) is 26.9 Å². The van der Waals surface area contributed by atoms with Crippen molar-refractivity contribution >= 4 is 29.9 Å². The maximum absolute atomic E-state index is 4.70. The summed E-state index contributed by atoms with van der Waals surface area (Å²) in [6, 6.07) is 0.449. The smallest absolute Gasteiger partial charge is 0.191 e. The lowest BCUT2D eigenvalue weighted by Crippen LogP contribution is -2.41. The van der Waals surface area contributed by atoms with Gasteiger partial charge in [0.25, 0.3) is 0 Å². The second-order valence-corrected chi connectivity index (χ2v) is 5.51. The van der Waals surface area contributed by atoms with Gasteiger partial charge in [0, 0.05) is 32.1 Å². The zero-order valence-electron chi connectivity index (χ0n) is 15.7. The van der Waals surface area contributed by atoms with Crippen molar-refractivity contribution in [2.45, 2.75) is 53.6 Å². The molecule has 0 fully saturated rings. The predicted molar refractivity (Wildman–Crippen MR) is 111 cm³/mol. The van der Waals surface area contributed by atoms with E-state index in [0.29, 0.717) is 6.04 Å². The molecule has 0 aliphatic rings. The summed E-state index contributed by atoms with van der Waals surface area (Å²) < 4.78 is 2.08. The monoisotopic (exact) mass is 451 g/mol. The molecule has 0 bridgehead atoms. The minimum absolute atomic E-state index is 0. The molecule has 0 spiro atoms. The number of aliphatic imine (C=N–C) groups is 1. The average molecular weight is 451 g/mol. The maximum Gasteiger partial charge on any atom is 0.191 e. The van der Waals surface area contributed by atoms with Gasteiger partial charge in [-0.25, -0.2) is 0 Å². The Bertz CT molecular complexity index is 457. The summed E-state index contributed by atoms with van der Waals surface area (Å²) >= 11 is 0. The normalized spacial score (nSPS) is 12.8. The number of hydrogen-bond acceptors (Lipinski definition) is 4. The van der Waals surface area contributed by atoms with Crippen LogP contribution in [0.4, 0.5) is 0 Å². The number of halogens is 1. The molecule has 8 heteroatoms. The van der Waals surface area contributed by atoms with Gasteiger partial charge in [0.15, 0.2) is 5.96 Å². The van der Waals surface area contributed by atoms with Crippen LogP contribution in [0.3, 0.4) is 0 Å². The Morgan fingerprint density at radius 1 is 1.25 bits per heavy atom. The predicted octanol–water partition coefficient (Wildman–Crippen LogP) is 1.74. The van der Waals surface area contributed by atoms with Crippen molar-refractivity contribution in [2.75, 3.05) is 32.7 Å². The van der Waals surface area contributed by atoms with Crippen molar-refractivity contribution in [1.29, 1.82) is 0 Å². The molecular weight excluding hydrogens is 417 g/mol. The summed E-state index contributed by atoms with van der Waals surface area (Å²) in [7, 11) is 0. The Labute approximate surface area is 163 Å². The van der Waals surface area contributed by atoms with E-state index in [-0.39, 0.29) is 24.0 Å². The molecule has 0 saturated heterocycles. The number of rotatable bonds is 10. The van der Waals surface area contributed by atoms with Crippen molar-refractivity contribution in [1.82, 2.24) is 30.3 Å². The van der Waals surface area contributed by atoms with E-state index in [9.17, 15) is 0 Å². The molecule has 0 aromatic carbocycles. The molecule has 140 valence electrons. The van der Waals surface area contributed by atoms with Crippen molar-refractivity contribution in [3.63, 3.8) is 0 Å². The van der Waals surface area contributed by atoms with Crippen LogP contribution in [0.25, 0.3) is 0 Å². The van der Waals surface area contributed by atoms with Gasteiger partial charge in [0.2, 0.25) is 0 Å². The number of guanidine groups is 1. The number of likely N-dealkylation sites (N-methyl/N-ethyl adjacent to an activating group) is 1. The van der Waals surface area contributed by atoms with Crippen LogP contribution < -0.4 is 10.6 Å². The van der Waals surface area contributed by atoms with Crippen molar-refractivity contribution < 1.29 is 0 Å². The first-order chi connectivity index (χ1) is 11.2. The Morgan fingerprint density at radius 3 is 2.54 bits per heavy atom. The van der Waals surface area contributed by atoms with Crippen LogP contribution in [-0.2, 0) is 13.0 Å². The van der Waals surface area contributed by atoms with Gasteiger partial charge in [-0.3, -0.25) is 9.89 Å². The Hall–Kier alpha value is -0.900. The molecule has 24 heavy (non-hydrogen) atoms. The third-order valence-corrected chi connectivity index (χ3v) is 3.95. The Balaban J connectivity index is 0.00000529. The standard InChI is InChI=1S/C16H33N7.HI/c1-6-15-21-20-13-23(15)11-10-18-16(17-7-2)19-12-14(5)22(8-3)9-4;/h13-14H,6-12H2,1-5H3,(H2,17,18,19);1H. The first-order valence-corrected chi connectivity index (χ1v) is 8.79. The molecule has 1 rings (SSSR count). The molecule has 1 heterocycles. The first-order valence-electron chi connectivity index (χ1n) is 8.79. The number of aromatic nitrogens is 3. The molecule has 0 saturated carbocycles. The molecule has 0 aliphatic carbocycles. The third-order valence-electron chi connectivity index (χ3n) is 3.95. The molecule has 1 aromatic rings. The fourth-order valence-corrected chi connectivity index (χ4v) is 2.56. The van der Waals surface area contributed by atoms with Gasteiger partial charge in [-0.1, -0.05) is 20.8 Å². The highest BCUT2D eigenvalue weighted by Crippen LogP contribution is 1.98. The van der Waals surface area contributed by atoms with E-state index in [2.05, 4.69) is 64.9 Å². The van der Waals surface area contributed by atoms with Crippen LogP contribution >= 0.6 is 24.0 Å². The highest BCUT2D eigenvalue weighted by molar-refractivity contribution is 14.0. The summed E-state index contributed by atoms with van der Waals surface area (Å²) in [4.78, 5) is 7.12. The Morgan fingerprint density at radius 2 is 1.96 bits per heavy atom. The molecule has 0 radical (unpaired) electrons. The van der Waals surface area contributed by atoms with Crippen molar-refractivity contribution in [3.8, 4) is 0 Å². The van der Waals surface area contributed by atoms with E-state index in [1.54, 1.807) is 6.33 Å². The molecule has 1 atom stereocenters. The van der Waals surface area contributed by atoms with Gasteiger partial charge in [-0.2, -0.15) is 0 Å². The number of aryl methyl sites for hydroxylation is 1. The maximum atomic E-state index is 4.70. The molecule has 1 aromatic heterocycles. The van der Waals surface area contributed by atoms with E-state index in [0.717, 1.165) is 57.5 Å². The van der Waals surface area contributed by atoms with Gasteiger partial charge in [0.1, 0.15) is 12.2 Å². The second-order valence-electron chi connectivity index (χ2n) is 5.51. The second kappa shape index (κ2) is 13.4. The lowest BCUT2D eigenvalue weighted by Gasteiger charge is -2.25. The summed E-state index contributed by atoms with van der Waals surface area (Å²) in [5.41, 5.74) is 0. The minimum Gasteiger partial charge on any atom is -0.357 e. The zero-order valence-corrected chi connectivity index (χ0v) is 18.1. The van der Waals surface area contributed by atoms with Crippen LogP contribution in [0.1, 0.15) is 40.4 Å². The van der Waals surface area contributed by atoms with E-state index in [4.69, 9.17) is 4.99 Å². The number of nitrogens with zero attached hydrogens (tertiary/aromatic N) is 5. The largest absolute Gasteiger partial charge is 0.357 e. The van der Waals surface area contributed by atoms with E-state index < -0.39 is 0 Å². The molecule has 7 nitrogen and oxygen atoms in total. The highest BCUT2D eigenvalue weighted by atomic mass is 127. The summed E-state index contributed by atoms with van der Waals surface area (Å²) in [6.07, 6.45) is 2.68.